The maximum Gasteiger partial charge on any atom is 0.110 e. The minimum absolute atomic E-state index is 0.344. The Kier molecular flexibility index (Phi) is 2.17. The van der Waals surface area contributed by atoms with Gasteiger partial charge < -0.3 is 4.42 Å². The first-order valence-corrected chi connectivity index (χ1v) is 4.46. The summed E-state index contributed by atoms with van der Waals surface area (Å²) in [4.78, 5) is 0. The van der Waals surface area contributed by atoms with Crippen LogP contribution >= 0.6 is 0 Å². The van der Waals surface area contributed by atoms with Gasteiger partial charge in [0, 0.05) is 5.92 Å². The van der Waals surface area contributed by atoms with Crippen LogP contribution in [-0.2, 0) is 0 Å². The molecule has 1 heterocycles. The largest absolute Gasteiger partial charge is 0.469 e. The van der Waals surface area contributed by atoms with E-state index >= 15 is 0 Å². The van der Waals surface area contributed by atoms with Crippen LogP contribution < -0.4 is 0 Å². The zero-order chi connectivity index (χ0) is 9.10. The lowest BCUT2D eigenvalue weighted by atomic mass is 9.99. The third kappa shape index (κ3) is 1.64. The second kappa shape index (κ2) is 3.48. The van der Waals surface area contributed by atoms with Gasteiger partial charge in [0.2, 0.25) is 0 Å². The Morgan fingerprint density at radius 1 is 1.00 bits per heavy atom. The number of benzene rings is 1. The van der Waals surface area contributed by atoms with E-state index < -0.39 is 0 Å². The van der Waals surface area contributed by atoms with Gasteiger partial charge in [0.25, 0.3) is 0 Å². The molecular weight excluding hydrogens is 160 g/mol. The molecule has 0 radical (unpaired) electrons. The Labute approximate surface area is 78.0 Å². The topological polar surface area (TPSA) is 13.1 Å². The summed E-state index contributed by atoms with van der Waals surface area (Å²) in [6.07, 6.45) is 1.72. The molecule has 0 N–H and O–H groups in total. The van der Waals surface area contributed by atoms with Crippen LogP contribution in [0.15, 0.2) is 53.1 Å². The van der Waals surface area contributed by atoms with E-state index in [9.17, 15) is 0 Å². The molecule has 0 unspecified atom stereocenters. The zero-order valence-electron chi connectivity index (χ0n) is 7.60. The summed E-state index contributed by atoms with van der Waals surface area (Å²) in [7, 11) is 0. The standard InChI is InChI=1S/C12H12O/c1-10(12-8-5-9-13-12)11-6-3-2-4-7-11/h2-10H,1H3/t10-/m1/s1. The maximum atomic E-state index is 5.35. The van der Waals surface area contributed by atoms with Crippen molar-refractivity contribution in [1.29, 1.82) is 0 Å². The van der Waals surface area contributed by atoms with Crippen molar-refractivity contribution in [2.45, 2.75) is 12.8 Å². The fourth-order valence-electron chi connectivity index (χ4n) is 1.44. The molecule has 0 fully saturated rings. The monoisotopic (exact) mass is 172 g/mol. The Morgan fingerprint density at radius 2 is 1.77 bits per heavy atom. The predicted octanol–water partition coefficient (Wildman–Crippen LogP) is 3.43. The lowest BCUT2D eigenvalue weighted by molar-refractivity contribution is 0.496. The van der Waals surface area contributed by atoms with Gasteiger partial charge in [0.05, 0.1) is 6.26 Å². The predicted molar refractivity (Wildman–Crippen MR) is 52.7 cm³/mol. The number of hydrogen-bond acceptors (Lipinski definition) is 1. The molecule has 1 aromatic heterocycles. The smallest absolute Gasteiger partial charge is 0.110 e. The highest BCUT2D eigenvalue weighted by molar-refractivity contribution is 5.25. The van der Waals surface area contributed by atoms with Gasteiger partial charge in [-0.2, -0.15) is 0 Å². The van der Waals surface area contributed by atoms with Gasteiger partial charge in [-0.1, -0.05) is 37.3 Å². The Hall–Kier alpha value is -1.50. The van der Waals surface area contributed by atoms with Crippen LogP contribution in [0.4, 0.5) is 0 Å². The minimum atomic E-state index is 0.344. The normalized spacial score (nSPS) is 12.7. The zero-order valence-corrected chi connectivity index (χ0v) is 7.60. The number of furan rings is 1. The number of hydrogen-bond donors (Lipinski definition) is 0. The molecule has 1 nitrogen and oxygen atoms in total. The fraction of sp³-hybridized carbons (Fsp3) is 0.167. The summed E-state index contributed by atoms with van der Waals surface area (Å²) in [6.45, 7) is 2.15. The molecular formula is C12H12O. The van der Waals surface area contributed by atoms with E-state index in [1.807, 2.05) is 18.2 Å². The molecule has 0 aliphatic carbocycles. The first-order chi connectivity index (χ1) is 6.38. The summed E-state index contributed by atoms with van der Waals surface area (Å²) in [5.41, 5.74) is 1.29. The van der Waals surface area contributed by atoms with Crippen LogP contribution in [0.3, 0.4) is 0 Å². The van der Waals surface area contributed by atoms with Crippen molar-refractivity contribution in [3.63, 3.8) is 0 Å². The Bertz CT molecular complexity index is 348. The molecule has 1 atom stereocenters. The van der Waals surface area contributed by atoms with Crippen LogP contribution in [0, 0.1) is 0 Å². The minimum Gasteiger partial charge on any atom is -0.469 e. The molecule has 0 saturated carbocycles. The third-order valence-corrected chi connectivity index (χ3v) is 2.27. The maximum absolute atomic E-state index is 5.35. The molecule has 13 heavy (non-hydrogen) atoms. The van der Waals surface area contributed by atoms with E-state index in [1.54, 1.807) is 6.26 Å². The average molecular weight is 172 g/mol. The van der Waals surface area contributed by atoms with Crippen molar-refractivity contribution < 1.29 is 4.42 Å². The molecule has 0 aliphatic rings. The van der Waals surface area contributed by atoms with Gasteiger partial charge in [-0.25, -0.2) is 0 Å². The van der Waals surface area contributed by atoms with Crippen LogP contribution in [0.2, 0.25) is 0 Å². The average Bonchev–Trinajstić information content (AvgIpc) is 2.71. The molecule has 0 bridgehead atoms. The summed E-state index contributed by atoms with van der Waals surface area (Å²) in [5, 5.41) is 0. The summed E-state index contributed by atoms with van der Waals surface area (Å²) in [6, 6.07) is 14.3. The fourth-order valence-corrected chi connectivity index (χ4v) is 1.44. The van der Waals surface area contributed by atoms with E-state index in [0.717, 1.165) is 5.76 Å². The highest BCUT2D eigenvalue weighted by Crippen LogP contribution is 2.23. The lowest BCUT2D eigenvalue weighted by Gasteiger charge is -2.07. The molecule has 66 valence electrons. The van der Waals surface area contributed by atoms with Gasteiger partial charge in [-0.3, -0.25) is 0 Å². The molecule has 0 amide bonds. The van der Waals surface area contributed by atoms with E-state index in [2.05, 4.69) is 31.2 Å². The van der Waals surface area contributed by atoms with Gasteiger partial charge in [0.1, 0.15) is 5.76 Å². The van der Waals surface area contributed by atoms with Crippen LogP contribution in [0.5, 0.6) is 0 Å². The summed E-state index contributed by atoms with van der Waals surface area (Å²) in [5.74, 6) is 1.36. The van der Waals surface area contributed by atoms with Crippen molar-refractivity contribution in [3.05, 3.63) is 60.1 Å². The SMILES string of the molecule is C[C@H](c1ccccc1)c1ccco1. The van der Waals surface area contributed by atoms with E-state index in [0.29, 0.717) is 5.92 Å². The van der Waals surface area contributed by atoms with Crippen molar-refractivity contribution in [2.75, 3.05) is 0 Å². The molecule has 1 aromatic carbocycles. The second-order valence-corrected chi connectivity index (χ2v) is 3.15. The van der Waals surface area contributed by atoms with E-state index in [1.165, 1.54) is 5.56 Å². The van der Waals surface area contributed by atoms with Crippen LogP contribution in [0.25, 0.3) is 0 Å². The van der Waals surface area contributed by atoms with Crippen molar-refractivity contribution in [3.8, 4) is 0 Å². The van der Waals surface area contributed by atoms with Crippen LogP contribution in [0.1, 0.15) is 24.2 Å². The van der Waals surface area contributed by atoms with Gasteiger partial charge in [-0.05, 0) is 17.7 Å². The highest BCUT2D eigenvalue weighted by Gasteiger charge is 2.09. The van der Waals surface area contributed by atoms with Gasteiger partial charge >= 0.3 is 0 Å². The molecule has 0 saturated heterocycles. The summed E-state index contributed by atoms with van der Waals surface area (Å²) < 4.78 is 5.35. The first-order valence-electron chi connectivity index (χ1n) is 4.46. The summed E-state index contributed by atoms with van der Waals surface area (Å²) >= 11 is 0. The first kappa shape index (κ1) is 8.11. The Balaban J connectivity index is 2.29. The molecule has 2 aromatic rings. The van der Waals surface area contributed by atoms with Crippen molar-refractivity contribution >= 4 is 0 Å². The van der Waals surface area contributed by atoms with Gasteiger partial charge in [-0.15, -0.1) is 0 Å². The van der Waals surface area contributed by atoms with Crippen LogP contribution in [-0.4, -0.2) is 0 Å². The van der Waals surface area contributed by atoms with Gasteiger partial charge in [0.15, 0.2) is 0 Å². The molecule has 0 spiro atoms. The molecule has 0 aliphatic heterocycles. The number of rotatable bonds is 2. The van der Waals surface area contributed by atoms with E-state index in [4.69, 9.17) is 4.42 Å². The quantitative estimate of drug-likeness (QED) is 0.676. The Morgan fingerprint density at radius 3 is 2.38 bits per heavy atom. The van der Waals surface area contributed by atoms with Crippen molar-refractivity contribution in [1.82, 2.24) is 0 Å². The lowest BCUT2D eigenvalue weighted by Crippen LogP contribution is -1.92. The molecule has 2 rings (SSSR count). The second-order valence-electron chi connectivity index (χ2n) is 3.15. The molecule has 1 heteroatoms. The van der Waals surface area contributed by atoms with E-state index in [-0.39, 0.29) is 0 Å². The highest BCUT2D eigenvalue weighted by atomic mass is 16.3. The third-order valence-electron chi connectivity index (χ3n) is 2.27. The van der Waals surface area contributed by atoms with Crippen molar-refractivity contribution in [2.24, 2.45) is 0 Å².